The molecule has 0 radical (unpaired) electrons. The first-order valence-corrected chi connectivity index (χ1v) is 12.1. The van der Waals surface area contributed by atoms with Crippen LogP contribution in [0.3, 0.4) is 0 Å². The second kappa shape index (κ2) is 13.0. The van der Waals surface area contributed by atoms with Crippen LogP contribution in [0, 0.1) is 0 Å². The zero-order valence-electron chi connectivity index (χ0n) is 17.8. The van der Waals surface area contributed by atoms with Gasteiger partial charge in [0.2, 0.25) is 5.52 Å². The van der Waals surface area contributed by atoms with Gasteiger partial charge in [-0.1, -0.05) is 62.1 Å². The molecule has 0 heterocycles. The van der Waals surface area contributed by atoms with Gasteiger partial charge >= 0.3 is 0 Å². The van der Waals surface area contributed by atoms with Crippen molar-refractivity contribution in [1.82, 2.24) is 0 Å². The second-order valence-electron chi connectivity index (χ2n) is 7.20. The first-order chi connectivity index (χ1) is 14.6. The van der Waals surface area contributed by atoms with E-state index in [9.17, 15) is 14.2 Å². The number of rotatable bonds is 14. The summed E-state index contributed by atoms with van der Waals surface area (Å²) in [6.07, 6.45) is 6.60. The minimum atomic E-state index is -2.42. The van der Waals surface area contributed by atoms with Crippen molar-refractivity contribution in [3.63, 3.8) is 0 Å². The minimum Gasteiger partial charge on any atom is -0.496 e. The number of hydrogen-bond acceptors (Lipinski definition) is 5. The normalized spacial score (nSPS) is 11.7. The third-order valence-electron chi connectivity index (χ3n) is 5.06. The number of benzene rings is 2. The summed E-state index contributed by atoms with van der Waals surface area (Å²) in [7, 11) is 0.549. The van der Waals surface area contributed by atoms with E-state index in [-0.39, 0.29) is 16.9 Å². The third-order valence-corrected chi connectivity index (χ3v) is 6.63. The summed E-state index contributed by atoms with van der Waals surface area (Å²) in [5, 5.41) is 0. The van der Waals surface area contributed by atoms with Crippen LogP contribution in [-0.2, 0) is 4.57 Å². The number of ketones is 1. The van der Waals surface area contributed by atoms with Crippen LogP contribution in [0.4, 0.5) is 0 Å². The van der Waals surface area contributed by atoms with Gasteiger partial charge in [0, 0.05) is 18.1 Å². The van der Waals surface area contributed by atoms with Gasteiger partial charge in [0.25, 0.3) is 0 Å². The molecule has 1 unspecified atom stereocenters. The maximum Gasteiger partial charge on any atom is 0.225 e. The van der Waals surface area contributed by atoms with Gasteiger partial charge in [0.1, 0.15) is 24.9 Å². The van der Waals surface area contributed by atoms with Gasteiger partial charge in [0.05, 0.1) is 14.2 Å². The molecule has 0 fully saturated rings. The molecule has 2 aromatic carbocycles. The molecule has 30 heavy (non-hydrogen) atoms. The SMILES string of the molecule is COc1cccc(OC)c1C(=O)[PH](=O)CCCCCCCCC(=O)c1ccccc1. The van der Waals surface area contributed by atoms with Crippen LogP contribution in [0.5, 0.6) is 11.5 Å². The maximum absolute atomic E-state index is 12.6. The molecular weight excluding hydrogens is 399 g/mol. The fourth-order valence-corrected chi connectivity index (χ4v) is 4.70. The highest BCUT2D eigenvalue weighted by atomic mass is 31.1. The summed E-state index contributed by atoms with van der Waals surface area (Å²) < 4.78 is 23.0. The summed E-state index contributed by atoms with van der Waals surface area (Å²) in [5.41, 5.74) is 0.669. The van der Waals surface area contributed by atoms with Gasteiger partial charge in [-0.3, -0.25) is 9.59 Å². The number of unbranched alkanes of at least 4 members (excludes halogenated alkanes) is 5. The molecule has 6 heteroatoms. The van der Waals surface area contributed by atoms with E-state index in [1.165, 1.54) is 14.2 Å². The number of Topliss-reactive ketones (excluding diaryl/α,β-unsaturated/α-hetero) is 1. The molecular formula is C24H31O5P. The molecule has 0 aromatic heterocycles. The summed E-state index contributed by atoms with van der Waals surface area (Å²) >= 11 is 0. The lowest BCUT2D eigenvalue weighted by Crippen LogP contribution is -2.03. The summed E-state index contributed by atoms with van der Waals surface area (Å²) in [5.74, 6) is 0.977. The third kappa shape index (κ3) is 7.14. The molecule has 0 N–H and O–H groups in total. The van der Waals surface area contributed by atoms with Crippen LogP contribution >= 0.6 is 7.80 Å². The molecule has 2 rings (SSSR count). The van der Waals surface area contributed by atoms with E-state index in [2.05, 4.69) is 0 Å². The first kappa shape index (κ1) is 23.9. The molecule has 0 saturated carbocycles. The molecule has 0 spiro atoms. The molecule has 0 saturated heterocycles. The lowest BCUT2D eigenvalue weighted by atomic mass is 10.0. The monoisotopic (exact) mass is 430 g/mol. The van der Waals surface area contributed by atoms with Crippen molar-refractivity contribution in [1.29, 1.82) is 0 Å². The Bertz CT molecular complexity index is 826. The summed E-state index contributed by atoms with van der Waals surface area (Å²) in [4.78, 5) is 24.7. The van der Waals surface area contributed by atoms with E-state index < -0.39 is 7.80 Å². The highest BCUT2D eigenvalue weighted by molar-refractivity contribution is 7.64. The van der Waals surface area contributed by atoms with Gasteiger partial charge in [-0.25, -0.2) is 0 Å². The van der Waals surface area contributed by atoms with Gasteiger partial charge in [-0.05, 0) is 25.0 Å². The van der Waals surface area contributed by atoms with Crippen molar-refractivity contribution in [2.45, 2.75) is 44.9 Å². The molecule has 1 atom stereocenters. The van der Waals surface area contributed by atoms with Crippen molar-refractivity contribution in [3.8, 4) is 11.5 Å². The average Bonchev–Trinajstić information content (AvgIpc) is 2.79. The Kier molecular flexibility index (Phi) is 10.4. The van der Waals surface area contributed by atoms with Gasteiger partial charge in [-0.15, -0.1) is 0 Å². The minimum absolute atomic E-state index is 0.194. The Hall–Kier alpha value is -2.39. The topological polar surface area (TPSA) is 69.7 Å². The van der Waals surface area contributed by atoms with Crippen molar-refractivity contribution >= 4 is 19.1 Å². The molecule has 0 bridgehead atoms. The summed E-state index contributed by atoms with van der Waals surface area (Å²) in [6, 6.07) is 14.5. The largest absolute Gasteiger partial charge is 0.496 e. The lowest BCUT2D eigenvalue weighted by molar-refractivity contribution is 0.0978. The Morgan fingerprint density at radius 1 is 0.767 bits per heavy atom. The maximum atomic E-state index is 12.6. The number of carbonyl (C=O) groups is 2. The van der Waals surface area contributed by atoms with Gasteiger partial charge in [0.15, 0.2) is 5.78 Å². The Balaban J connectivity index is 1.65. The average molecular weight is 430 g/mol. The smallest absolute Gasteiger partial charge is 0.225 e. The predicted molar refractivity (Wildman–Crippen MR) is 121 cm³/mol. The Morgan fingerprint density at radius 2 is 1.33 bits per heavy atom. The number of hydrogen-bond donors (Lipinski definition) is 0. The molecule has 162 valence electrons. The second-order valence-corrected chi connectivity index (χ2v) is 9.00. The molecule has 2 aromatic rings. The van der Waals surface area contributed by atoms with Crippen LogP contribution in [0.1, 0.15) is 65.7 Å². The van der Waals surface area contributed by atoms with E-state index in [0.29, 0.717) is 24.1 Å². The van der Waals surface area contributed by atoms with Gasteiger partial charge < -0.3 is 14.0 Å². The Labute approximate surface area is 179 Å². The number of carbonyl (C=O) groups excluding carboxylic acids is 2. The van der Waals surface area contributed by atoms with Crippen molar-refractivity contribution in [2.75, 3.05) is 20.4 Å². The fourth-order valence-electron chi connectivity index (χ4n) is 3.37. The Morgan fingerprint density at radius 3 is 1.93 bits per heavy atom. The highest BCUT2D eigenvalue weighted by Crippen LogP contribution is 2.37. The standard InChI is InChI=1S/C24H31O5P/c1-28-21-16-12-17-22(29-2)23(21)24(26)30(27)18-11-6-4-3-5-10-15-20(25)19-13-8-7-9-14-19/h7-9,12-14,16-17,30H,3-6,10-11,15,18H2,1-2H3. The molecule has 0 amide bonds. The first-order valence-electron chi connectivity index (χ1n) is 10.4. The van der Waals surface area contributed by atoms with Crippen molar-refractivity contribution < 1.29 is 23.6 Å². The van der Waals surface area contributed by atoms with Gasteiger partial charge in [-0.2, -0.15) is 0 Å². The van der Waals surface area contributed by atoms with Crippen LogP contribution in [0.15, 0.2) is 48.5 Å². The van der Waals surface area contributed by atoms with Crippen LogP contribution in [-0.4, -0.2) is 31.7 Å². The zero-order chi connectivity index (χ0) is 21.8. The van der Waals surface area contributed by atoms with E-state index in [1.54, 1.807) is 18.2 Å². The van der Waals surface area contributed by atoms with Crippen molar-refractivity contribution in [3.05, 3.63) is 59.7 Å². The zero-order valence-corrected chi connectivity index (χ0v) is 18.8. The van der Waals surface area contributed by atoms with E-state index >= 15 is 0 Å². The molecule has 0 aliphatic rings. The van der Waals surface area contributed by atoms with Crippen LogP contribution in [0.2, 0.25) is 0 Å². The highest BCUT2D eigenvalue weighted by Gasteiger charge is 2.22. The van der Waals surface area contributed by atoms with Crippen LogP contribution in [0.25, 0.3) is 0 Å². The van der Waals surface area contributed by atoms with E-state index in [0.717, 1.165) is 44.1 Å². The molecule has 5 nitrogen and oxygen atoms in total. The summed E-state index contributed by atoms with van der Waals surface area (Å²) in [6.45, 7) is 0. The number of ether oxygens (including phenoxy) is 2. The quantitative estimate of drug-likeness (QED) is 0.208. The lowest BCUT2D eigenvalue weighted by Gasteiger charge is -2.11. The predicted octanol–water partition coefficient (Wildman–Crippen LogP) is 6.02. The van der Waals surface area contributed by atoms with E-state index in [4.69, 9.17) is 9.47 Å². The molecule has 0 aliphatic carbocycles. The van der Waals surface area contributed by atoms with E-state index in [1.807, 2.05) is 30.3 Å². The number of methoxy groups -OCH3 is 2. The fraction of sp³-hybridized carbons (Fsp3) is 0.417. The van der Waals surface area contributed by atoms with Crippen LogP contribution < -0.4 is 9.47 Å². The van der Waals surface area contributed by atoms with Crippen molar-refractivity contribution in [2.24, 2.45) is 0 Å². The molecule has 0 aliphatic heterocycles.